The number of aryl methyl sites for hydroxylation is 1. The van der Waals surface area contributed by atoms with Crippen molar-refractivity contribution in [3.8, 4) is 5.75 Å². The molecule has 1 aromatic heterocycles. The molecule has 1 aliphatic carbocycles. The summed E-state index contributed by atoms with van der Waals surface area (Å²) >= 11 is 0. The molecule has 21 heavy (non-hydrogen) atoms. The average Bonchev–Trinajstić information content (AvgIpc) is 2.76. The van der Waals surface area contributed by atoms with Crippen LogP contribution >= 0.6 is 0 Å². The van der Waals surface area contributed by atoms with Crippen LogP contribution in [0.5, 0.6) is 5.75 Å². The first-order chi connectivity index (χ1) is 10.1. The minimum Gasteiger partial charge on any atom is -0.490 e. The number of H-pyrrole nitrogens is 1. The number of carboxylic acids is 1. The second-order valence-corrected chi connectivity index (χ2v) is 5.88. The predicted octanol–water partition coefficient (Wildman–Crippen LogP) is 3.81. The highest BCUT2D eigenvalue weighted by molar-refractivity contribution is 5.89. The van der Waals surface area contributed by atoms with E-state index in [4.69, 9.17) is 9.84 Å². The first kappa shape index (κ1) is 14.0. The maximum atomic E-state index is 11.0. The predicted molar refractivity (Wildman–Crippen MR) is 81.9 cm³/mol. The number of carboxylic acid groups (broad SMARTS) is 1. The fourth-order valence-corrected chi connectivity index (χ4v) is 3.19. The Balaban J connectivity index is 1.88. The van der Waals surface area contributed by atoms with Crippen LogP contribution in [0.2, 0.25) is 0 Å². The number of hydrogen-bond acceptors (Lipinski definition) is 2. The van der Waals surface area contributed by atoms with Crippen molar-refractivity contribution in [2.75, 3.05) is 0 Å². The van der Waals surface area contributed by atoms with Crippen LogP contribution < -0.4 is 4.74 Å². The zero-order chi connectivity index (χ0) is 14.8. The quantitative estimate of drug-likeness (QED) is 0.898. The third-order valence-corrected chi connectivity index (χ3v) is 4.27. The summed E-state index contributed by atoms with van der Waals surface area (Å²) in [5.41, 5.74) is 2.74. The molecule has 1 fully saturated rings. The summed E-state index contributed by atoms with van der Waals surface area (Å²) in [6, 6.07) is 5.93. The Kier molecular flexibility index (Phi) is 3.86. The average molecular weight is 287 g/mol. The van der Waals surface area contributed by atoms with Gasteiger partial charge in [0.1, 0.15) is 5.75 Å². The Bertz CT molecular complexity index is 653. The summed E-state index contributed by atoms with van der Waals surface area (Å²) in [7, 11) is 0. The zero-order valence-corrected chi connectivity index (χ0v) is 12.3. The van der Waals surface area contributed by atoms with E-state index in [1.54, 1.807) is 0 Å². The molecule has 1 aliphatic rings. The van der Waals surface area contributed by atoms with E-state index in [0.29, 0.717) is 6.10 Å². The van der Waals surface area contributed by atoms with Gasteiger partial charge < -0.3 is 14.8 Å². The van der Waals surface area contributed by atoms with E-state index in [9.17, 15) is 4.79 Å². The fourth-order valence-electron chi connectivity index (χ4n) is 3.19. The molecule has 0 unspecified atom stereocenters. The van der Waals surface area contributed by atoms with Crippen molar-refractivity contribution in [3.05, 3.63) is 29.5 Å². The minimum atomic E-state index is -0.808. The molecule has 0 aliphatic heterocycles. The Morgan fingerprint density at radius 3 is 2.81 bits per heavy atom. The first-order valence-electron chi connectivity index (χ1n) is 7.63. The van der Waals surface area contributed by atoms with E-state index in [-0.39, 0.29) is 6.42 Å². The van der Waals surface area contributed by atoms with Gasteiger partial charge in [-0.3, -0.25) is 4.79 Å². The topological polar surface area (TPSA) is 62.3 Å². The molecule has 0 saturated heterocycles. The number of carbonyl (C=O) groups is 1. The summed E-state index contributed by atoms with van der Waals surface area (Å²) in [6.45, 7) is 1.92. The molecule has 4 nitrogen and oxygen atoms in total. The van der Waals surface area contributed by atoms with E-state index in [1.165, 1.54) is 19.3 Å². The van der Waals surface area contributed by atoms with Crippen LogP contribution in [-0.4, -0.2) is 22.2 Å². The van der Waals surface area contributed by atoms with Crippen LogP contribution in [0.1, 0.15) is 43.4 Å². The van der Waals surface area contributed by atoms with Crippen LogP contribution in [0.15, 0.2) is 18.2 Å². The van der Waals surface area contributed by atoms with Crippen molar-refractivity contribution in [1.29, 1.82) is 0 Å². The Morgan fingerprint density at radius 1 is 1.33 bits per heavy atom. The second-order valence-electron chi connectivity index (χ2n) is 5.88. The van der Waals surface area contributed by atoms with Crippen molar-refractivity contribution in [2.45, 2.75) is 51.6 Å². The lowest BCUT2D eigenvalue weighted by atomic mass is 9.98. The number of aromatic amines is 1. The van der Waals surface area contributed by atoms with Gasteiger partial charge in [0.05, 0.1) is 12.5 Å². The fraction of sp³-hybridized carbons (Fsp3) is 0.471. The smallest absolute Gasteiger partial charge is 0.307 e. The SMILES string of the molecule is Cc1[nH]c2ccc(OC3CCCCC3)cc2c1CC(=O)O. The molecule has 0 spiro atoms. The number of aliphatic carboxylic acids is 1. The number of fused-ring (bicyclic) bond motifs is 1. The normalized spacial score (nSPS) is 16.2. The van der Waals surface area contributed by atoms with E-state index < -0.39 is 5.97 Å². The maximum absolute atomic E-state index is 11.0. The molecule has 2 N–H and O–H groups in total. The minimum absolute atomic E-state index is 0.0404. The lowest BCUT2D eigenvalue weighted by Gasteiger charge is -2.23. The number of ether oxygens (including phenoxy) is 1. The van der Waals surface area contributed by atoms with Gasteiger partial charge in [0.2, 0.25) is 0 Å². The number of aromatic nitrogens is 1. The molecule has 112 valence electrons. The highest BCUT2D eigenvalue weighted by Gasteiger charge is 2.16. The molecule has 4 heteroatoms. The van der Waals surface area contributed by atoms with Crippen molar-refractivity contribution in [1.82, 2.24) is 4.98 Å². The third-order valence-electron chi connectivity index (χ3n) is 4.27. The van der Waals surface area contributed by atoms with Gasteiger partial charge in [-0.05, 0) is 56.4 Å². The first-order valence-corrected chi connectivity index (χ1v) is 7.63. The van der Waals surface area contributed by atoms with Gasteiger partial charge in [0.25, 0.3) is 0 Å². The van der Waals surface area contributed by atoms with Gasteiger partial charge in [0, 0.05) is 16.6 Å². The van der Waals surface area contributed by atoms with Crippen LogP contribution in [0.4, 0.5) is 0 Å². The van der Waals surface area contributed by atoms with E-state index >= 15 is 0 Å². The van der Waals surface area contributed by atoms with Gasteiger partial charge in [-0.1, -0.05) is 6.42 Å². The summed E-state index contributed by atoms with van der Waals surface area (Å²) < 4.78 is 6.07. The van der Waals surface area contributed by atoms with E-state index in [2.05, 4.69) is 4.98 Å². The van der Waals surface area contributed by atoms with Gasteiger partial charge in [0.15, 0.2) is 0 Å². The number of nitrogens with one attached hydrogen (secondary N) is 1. The summed E-state index contributed by atoms with van der Waals surface area (Å²) in [4.78, 5) is 14.3. The molecule has 3 rings (SSSR count). The second kappa shape index (κ2) is 5.80. The number of benzene rings is 1. The molecule has 0 atom stereocenters. The Morgan fingerprint density at radius 2 is 2.10 bits per heavy atom. The lowest BCUT2D eigenvalue weighted by molar-refractivity contribution is -0.136. The molecule has 1 heterocycles. The molecular formula is C17H21NO3. The van der Waals surface area contributed by atoms with Crippen molar-refractivity contribution in [3.63, 3.8) is 0 Å². The molecule has 1 saturated carbocycles. The van der Waals surface area contributed by atoms with Crippen molar-refractivity contribution >= 4 is 16.9 Å². The third kappa shape index (κ3) is 3.04. The van der Waals surface area contributed by atoms with Crippen LogP contribution in [0.25, 0.3) is 10.9 Å². The highest BCUT2D eigenvalue weighted by atomic mass is 16.5. The van der Waals surface area contributed by atoms with Crippen molar-refractivity contribution < 1.29 is 14.6 Å². The summed E-state index contributed by atoms with van der Waals surface area (Å²) in [5, 5.41) is 10.0. The molecule has 2 aromatic rings. The van der Waals surface area contributed by atoms with Crippen molar-refractivity contribution in [2.24, 2.45) is 0 Å². The van der Waals surface area contributed by atoms with E-state index in [1.807, 2.05) is 25.1 Å². The highest BCUT2D eigenvalue weighted by Crippen LogP contribution is 2.29. The maximum Gasteiger partial charge on any atom is 0.307 e. The van der Waals surface area contributed by atoms with Gasteiger partial charge in [-0.25, -0.2) is 0 Å². The largest absolute Gasteiger partial charge is 0.490 e. The monoisotopic (exact) mass is 287 g/mol. The molecule has 1 aromatic carbocycles. The van der Waals surface area contributed by atoms with Gasteiger partial charge in [-0.2, -0.15) is 0 Å². The molecule has 0 amide bonds. The van der Waals surface area contributed by atoms with Crippen LogP contribution in [0, 0.1) is 6.92 Å². The van der Waals surface area contributed by atoms with Crippen LogP contribution in [-0.2, 0) is 11.2 Å². The standard InChI is InChI=1S/C17H21NO3/c1-11-14(10-17(19)20)15-9-13(7-8-16(15)18-11)21-12-5-3-2-4-6-12/h7-9,12,18H,2-6,10H2,1H3,(H,19,20). The zero-order valence-electron chi connectivity index (χ0n) is 12.3. The van der Waals surface area contributed by atoms with Gasteiger partial charge >= 0.3 is 5.97 Å². The van der Waals surface area contributed by atoms with Crippen LogP contribution in [0.3, 0.4) is 0 Å². The summed E-state index contributed by atoms with van der Waals surface area (Å²) in [6.07, 6.45) is 6.36. The lowest BCUT2D eigenvalue weighted by Crippen LogP contribution is -2.19. The molecule has 0 bridgehead atoms. The Labute approximate surface area is 124 Å². The number of hydrogen-bond donors (Lipinski definition) is 2. The molecule has 0 radical (unpaired) electrons. The summed E-state index contributed by atoms with van der Waals surface area (Å²) in [5.74, 6) is 0.0395. The number of rotatable bonds is 4. The van der Waals surface area contributed by atoms with Gasteiger partial charge in [-0.15, -0.1) is 0 Å². The van der Waals surface area contributed by atoms with E-state index in [0.717, 1.165) is 40.8 Å². The Hall–Kier alpha value is -1.97. The molecular weight excluding hydrogens is 266 g/mol.